The SMILES string of the molecule is Cc1cccc(CN2c3ccccc3C3=C(C(c4ccc(C(F)(F)F)cc4)C(C#N)=C(N)O3)S2(=O)=O)c1. The lowest BCUT2D eigenvalue weighted by atomic mass is 9.88. The first-order valence-corrected chi connectivity index (χ1v) is 12.6. The second-order valence-electron chi connectivity index (χ2n) is 8.76. The summed E-state index contributed by atoms with van der Waals surface area (Å²) in [6.45, 7) is 1.89. The molecule has 1 atom stereocenters. The monoisotopic (exact) mass is 523 g/mol. The molecule has 3 aromatic carbocycles. The number of rotatable bonds is 3. The van der Waals surface area contributed by atoms with Crippen LogP contribution in [-0.2, 0) is 27.5 Å². The van der Waals surface area contributed by atoms with Crippen LogP contribution in [0.2, 0.25) is 0 Å². The Bertz CT molecular complexity index is 1620. The van der Waals surface area contributed by atoms with Gasteiger partial charge in [0, 0.05) is 5.56 Å². The first-order chi connectivity index (χ1) is 17.5. The molecule has 0 saturated heterocycles. The van der Waals surface area contributed by atoms with Gasteiger partial charge in [-0.05, 0) is 42.3 Å². The molecule has 2 heterocycles. The Morgan fingerprint density at radius 2 is 1.76 bits per heavy atom. The van der Waals surface area contributed by atoms with Gasteiger partial charge in [0.2, 0.25) is 5.88 Å². The fraction of sp³-hybridized carbons (Fsp3) is 0.148. The van der Waals surface area contributed by atoms with E-state index in [-0.39, 0.29) is 34.2 Å². The van der Waals surface area contributed by atoms with E-state index >= 15 is 0 Å². The van der Waals surface area contributed by atoms with Crippen molar-refractivity contribution in [3.05, 3.63) is 117 Å². The number of allylic oxidation sites excluding steroid dienone is 2. The van der Waals surface area contributed by atoms with Crippen molar-refractivity contribution in [1.29, 1.82) is 5.26 Å². The normalized spacial score (nSPS) is 18.6. The summed E-state index contributed by atoms with van der Waals surface area (Å²) in [5, 5.41) is 9.89. The van der Waals surface area contributed by atoms with Gasteiger partial charge in [-0.25, -0.2) is 8.42 Å². The number of fused-ring (bicyclic) bond motifs is 2. The number of anilines is 1. The van der Waals surface area contributed by atoms with Crippen molar-refractivity contribution in [3.63, 3.8) is 0 Å². The minimum absolute atomic E-state index is 0.00137. The van der Waals surface area contributed by atoms with Crippen LogP contribution < -0.4 is 10.0 Å². The lowest BCUT2D eigenvalue weighted by Gasteiger charge is -2.38. The van der Waals surface area contributed by atoms with Crippen molar-refractivity contribution in [2.45, 2.75) is 25.6 Å². The Labute approximate surface area is 211 Å². The lowest BCUT2D eigenvalue weighted by molar-refractivity contribution is -0.137. The molecule has 0 amide bonds. The fourth-order valence-corrected chi connectivity index (χ4v) is 6.57. The Balaban J connectivity index is 1.73. The number of nitriles is 1. The molecule has 1 unspecified atom stereocenters. The highest BCUT2D eigenvalue weighted by molar-refractivity contribution is 7.96. The molecule has 0 bridgehead atoms. The molecule has 0 aliphatic carbocycles. The maximum atomic E-state index is 14.2. The van der Waals surface area contributed by atoms with E-state index in [9.17, 15) is 26.9 Å². The number of para-hydroxylation sites is 1. The molecule has 2 aliphatic heterocycles. The molecular weight excluding hydrogens is 503 g/mol. The van der Waals surface area contributed by atoms with Crippen molar-refractivity contribution in [2.75, 3.05) is 4.31 Å². The van der Waals surface area contributed by atoms with Crippen LogP contribution >= 0.6 is 0 Å². The van der Waals surface area contributed by atoms with E-state index in [0.717, 1.165) is 35.4 Å². The molecule has 0 radical (unpaired) electrons. The van der Waals surface area contributed by atoms with E-state index in [1.165, 1.54) is 4.31 Å². The molecule has 5 rings (SSSR count). The number of aryl methyl sites for hydroxylation is 1. The van der Waals surface area contributed by atoms with Gasteiger partial charge in [-0.15, -0.1) is 0 Å². The first-order valence-electron chi connectivity index (χ1n) is 11.2. The summed E-state index contributed by atoms with van der Waals surface area (Å²) < 4.78 is 75.0. The van der Waals surface area contributed by atoms with E-state index < -0.39 is 27.7 Å². The molecule has 6 nitrogen and oxygen atoms in total. The third-order valence-corrected chi connectivity index (χ3v) is 8.22. The predicted molar refractivity (Wildman–Crippen MR) is 132 cm³/mol. The summed E-state index contributed by atoms with van der Waals surface area (Å²) in [7, 11) is -4.33. The Hall–Kier alpha value is -4.23. The van der Waals surface area contributed by atoms with E-state index in [2.05, 4.69) is 0 Å². The van der Waals surface area contributed by atoms with Crippen LogP contribution in [0.3, 0.4) is 0 Å². The fourth-order valence-electron chi connectivity index (χ4n) is 4.65. The van der Waals surface area contributed by atoms with Crippen LogP contribution in [0.5, 0.6) is 0 Å². The molecular formula is C27H20F3N3O3S. The largest absolute Gasteiger partial charge is 0.439 e. The molecule has 3 aromatic rings. The maximum absolute atomic E-state index is 14.2. The number of hydrogen-bond acceptors (Lipinski definition) is 5. The molecule has 0 fully saturated rings. The number of alkyl halides is 3. The van der Waals surface area contributed by atoms with Crippen LogP contribution in [0.15, 0.2) is 89.2 Å². The van der Waals surface area contributed by atoms with Crippen molar-refractivity contribution >= 4 is 21.5 Å². The summed E-state index contributed by atoms with van der Waals surface area (Å²) in [6, 6.07) is 20.0. The Morgan fingerprint density at radius 1 is 1.05 bits per heavy atom. The number of benzene rings is 3. The van der Waals surface area contributed by atoms with E-state index in [0.29, 0.717) is 11.3 Å². The zero-order chi connectivity index (χ0) is 26.5. The number of nitrogens with zero attached hydrogens (tertiary/aromatic N) is 2. The summed E-state index contributed by atoms with van der Waals surface area (Å²) >= 11 is 0. The third-order valence-electron chi connectivity index (χ3n) is 6.34. The van der Waals surface area contributed by atoms with Gasteiger partial charge in [-0.2, -0.15) is 18.4 Å². The van der Waals surface area contributed by atoms with Crippen LogP contribution in [0, 0.1) is 18.3 Å². The van der Waals surface area contributed by atoms with Crippen molar-refractivity contribution in [2.24, 2.45) is 5.73 Å². The molecule has 0 spiro atoms. The number of hydrogen-bond donors (Lipinski definition) is 1. The minimum atomic E-state index is -4.58. The topological polar surface area (TPSA) is 96.4 Å². The highest BCUT2D eigenvalue weighted by Gasteiger charge is 2.47. The van der Waals surface area contributed by atoms with Gasteiger partial charge >= 0.3 is 6.18 Å². The van der Waals surface area contributed by atoms with E-state index in [1.807, 2.05) is 31.2 Å². The summed E-state index contributed by atoms with van der Waals surface area (Å²) in [6.07, 6.45) is -4.58. The van der Waals surface area contributed by atoms with E-state index in [1.54, 1.807) is 30.3 Å². The number of ether oxygens (including phenoxy) is 1. The Kier molecular flexibility index (Phi) is 5.76. The zero-order valence-electron chi connectivity index (χ0n) is 19.5. The highest BCUT2D eigenvalue weighted by Crippen LogP contribution is 2.51. The quantitative estimate of drug-likeness (QED) is 0.486. The van der Waals surface area contributed by atoms with Gasteiger partial charge in [0.05, 0.1) is 23.7 Å². The second kappa shape index (κ2) is 8.71. The molecule has 37 heavy (non-hydrogen) atoms. The van der Waals surface area contributed by atoms with Gasteiger partial charge in [0.1, 0.15) is 16.5 Å². The summed E-state index contributed by atoms with van der Waals surface area (Å²) in [4.78, 5) is -0.246. The Morgan fingerprint density at radius 3 is 2.41 bits per heavy atom. The average Bonchev–Trinajstić information content (AvgIpc) is 2.85. The molecule has 188 valence electrons. The molecule has 0 saturated carbocycles. The highest BCUT2D eigenvalue weighted by atomic mass is 32.2. The molecule has 10 heteroatoms. The van der Waals surface area contributed by atoms with Crippen LogP contribution in [0.25, 0.3) is 5.76 Å². The van der Waals surface area contributed by atoms with Gasteiger partial charge in [-0.3, -0.25) is 4.31 Å². The maximum Gasteiger partial charge on any atom is 0.416 e. The summed E-state index contributed by atoms with van der Waals surface area (Å²) in [5.41, 5.74) is 7.62. The van der Waals surface area contributed by atoms with Crippen molar-refractivity contribution in [1.82, 2.24) is 0 Å². The van der Waals surface area contributed by atoms with Crippen molar-refractivity contribution < 1.29 is 26.3 Å². The third kappa shape index (κ3) is 4.11. The van der Waals surface area contributed by atoms with Gasteiger partial charge in [0.15, 0.2) is 5.76 Å². The van der Waals surface area contributed by atoms with E-state index in [4.69, 9.17) is 10.5 Å². The molecule has 2 N–H and O–H groups in total. The summed E-state index contributed by atoms with van der Waals surface area (Å²) in [5.74, 6) is -1.60. The first kappa shape index (κ1) is 24.5. The smallest absolute Gasteiger partial charge is 0.416 e. The van der Waals surface area contributed by atoms with Crippen LogP contribution in [0.1, 0.15) is 33.7 Å². The minimum Gasteiger partial charge on any atom is -0.439 e. The number of nitrogens with two attached hydrogens (primary N) is 1. The van der Waals surface area contributed by atoms with Crippen molar-refractivity contribution in [3.8, 4) is 6.07 Å². The molecule has 2 aliphatic rings. The van der Waals surface area contributed by atoms with Gasteiger partial charge in [0.25, 0.3) is 10.0 Å². The van der Waals surface area contributed by atoms with Gasteiger partial charge in [-0.1, -0.05) is 54.1 Å². The van der Waals surface area contributed by atoms with Crippen LogP contribution in [-0.4, -0.2) is 8.42 Å². The predicted octanol–water partition coefficient (Wildman–Crippen LogP) is 5.54. The number of sulfonamides is 1. The van der Waals surface area contributed by atoms with Gasteiger partial charge < -0.3 is 10.5 Å². The standard InChI is InChI=1S/C27H20F3N3O3S/c1-16-5-4-6-17(13-16)15-33-22-8-3-2-7-20(22)24-25(37(33,34)35)23(21(14-31)26(32)36-24)18-9-11-19(12-10-18)27(28,29)30/h2-13,23H,15,32H2,1H3. The molecule has 0 aromatic heterocycles. The average molecular weight is 524 g/mol. The lowest BCUT2D eigenvalue weighted by Crippen LogP contribution is -2.39. The zero-order valence-corrected chi connectivity index (χ0v) is 20.3. The number of halogens is 3. The second-order valence-corrected chi connectivity index (χ2v) is 10.6. The van der Waals surface area contributed by atoms with Crippen LogP contribution in [0.4, 0.5) is 18.9 Å².